The van der Waals surface area contributed by atoms with Crippen LogP contribution in [0, 0.1) is 0 Å². The van der Waals surface area contributed by atoms with Gasteiger partial charge in [0.15, 0.2) is 0 Å². The number of nitrogens with zero attached hydrogens (tertiary/aromatic N) is 1. The van der Waals surface area contributed by atoms with Crippen molar-refractivity contribution in [2.75, 3.05) is 26.2 Å². The van der Waals surface area contributed by atoms with Crippen LogP contribution in [0.3, 0.4) is 0 Å². The zero-order valence-electron chi connectivity index (χ0n) is 11.9. The fourth-order valence-electron chi connectivity index (χ4n) is 2.39. The molecule has 114 valence electrons. The fraction of sp³-hybridized carbons (Fsp3) is 0.467. The summed E-state index contributed by atoms with van der Waals surface area (Å²) in [5.41, 5.74) is 0.652. The number of carboxylic acids is 1. The lowest BCUT2D eigenvalue weighted by Crippen LogP contribution is -2.28. The van der Waals surface area contributed by atoms with Gasteiger partial charge in [-0.2, -0.15) is 0 Å². The number of hydrogen-bond donors (Lipinski definition) is 2. The van der Waals surface area contributed by atoms with Gasteiger partial charge >= 0.3 is 5.97 Å². The molecule has 1 aromatic heterocycles. The number of rotatable bonds is 7. The predicted molar refractivity (Wildman–Crippen MR) is 83.6 cm³/mol. The number of carbonyl (C=O) groups is 2. The maximum Gasteiger partial charge on any atom is 0.328 e. The summed E-state index contributed by atoms with van der Waals surface area (Å²) in [7, 11) is 0. The second kappa shape index (κ2) is 7.95. The Morgan fingerprint density at radius 2 is 2.14 bits per heavy atom. The molecular formula is C15H20N2O3S. The van der Waals surface area contributed by atoms with Crippen molar-refractivity contribution in [1.29, 1.82) is 0 Å². The average Bonchev–Trinajstić information content (AvgIpc) is 3.12. The normalized spacial score (nSPS) is 15.6. The van der Waals surface area contributed by atoms with Gasteiger partial charge < -0.3 is 15.3 Å². The van der Waals surface area contributed by atoms with Crippen LogP contribution in [0.25, 0.3) is 6.08 Å². The van der Waals surface area contributed by atoms with E-state index in [0.717, 1.165) is 19.0 Å². The molecule has 1 fully saturated rings. The lowest BCUT2D eigenvalue weighted by atomic mass is 10.2. The topological polar surface area (TPSA) is 69.6 Å². The van der Waals surface area contributed by atoms with E-state index in [4.69, 9.17) is 5.11 Å². The zero-order chi connectivity index (χ0) is 15.1. The Kier molecular flexibility index (Phi) is 5.95. The Balaban J connectivity index is 1.77. The molecule has 1 amide bonds. The van der Waals surface area contributed by atoms with Crippen molar-refractivity contribution in [3.05, 3.63) is 28.0 Å². The van der Waals surface area contributed by atoms with Crippen molar-refractivity contribution < 1.29 is 14.7 Å². The molecule has 0 aromatic carbocycles. The van der Waals surface area contributed by atoms with Crippen molar-refractivity contribution in [1.82, 2.24) is 10.2 Å². The van der Waals surface area contributed by atoms with Gasteiger partial charge in [-0.15, -0.1) is 11.3 Å². The standard InChI is InChI=1S/C15H20N2O3S/c18-13(19)5-4-12-6-11-21-14(12)15(20)16-7-3-10-17-8-1-2-9-17/h4-6,11H,1-3,7-10H2,(H,16,20)(H,18,19). The smallest absolute Gasteiger partial charge is 0.328 e. The quantitative estimate of drug-likeness (QED) is 0.597. The van der Waals surface area contributed by atoms with E-state index in [1.165, 1.54) is 43.3 Å². The summed E-state index contributed by atoms with van der Waals surface area (Å²) in [4.78, 5) is 25.6. The Morgan fingerprint density at radius 3 is 2.86 bits per heavy atom. The first-order valence-corrected chi connectivity index (χ1v) is 8.04. The Labute approximate surface area is 128 Å². The van der Waals surface area contributed by atoms with Crippen LogP contribution in [-0.2, 0) is 4.79 Å². The summed E-state index contributed by atoms with van der Waals surface area (Å²) in [5, 5.41) is 13.3. The Hall–Kier alpha value is -1.66. The van der Waals surface area contributed by atoms with Gasteiger partial charge in [-0.3, -0.25) is 4.79 Å². The van der Waals surface area contributed by atoms with Gasteiger partial charge in [0.05, 0.1) is 4.88 Å². The van der Waals surface area contributed by atoms with Crippen LogP contribution in [0.5, 0.6) is 0 Å². The first kappa shape index (κ1) is 15.7. The van der Waals surface area contributed by atoms with E-state index in [0.29, 0.717) is 17.0 Å². The molecule has 21 heavy (non-hydrogen) atoms. The minimum Gasteiger partial charge on any atom is -0.478 e. The van der Waals surface area contributed by atoms with Crippen LogP contribution in [-0.4, -0.2) is 48.1 Å². The molecular weight excluding hydrogens is 288 g/mol. The van der Waals surface area contributed by atoms with E-state index < -0.39 is 5.97 Å². The molecule has 0 atom stereocenters. The lowest BCUT2D eigenvalue weighted by Gasteiger charge is -2.14. The van der Waals surface area contributed by atoms with Crippen LogP contribution in [0.15, 0.2) is 17.5 Å². The number of likely N-dealkylation sites (tertiary alicyclic amines) is 1. The number of aliphatic carboxylic acids is 1. The van der Waals surface area contributed by atoms with Crippen LogP contribution in [0.4, 0.5) is 0 Å². The third kappa shape index (κ3) is 4.99. The van der Waals surface area contributed by atoms with E-state index in [9.17, 15) is 9.59 Å². The number of hydrogen-bond acceptors (Lipinski definition) is 4. The maximum absolute atomic E-state index is 12.1. The predicted octanol–water partition coefficient (Wildman–Crippen LogP) is 2.06. The third-order valence-electron chi connectivity index (χ3n) is 3.44. The van der Waals surface area contributed by atoms with Crippen molar-refractivity contribution in [2.24, 2.45) is 0 Å². The Bertz CT molecular complexity index is 519. The lowest BCUT2D eigenvalue weighted by molar-refractivity contribution is -0.131. The summed E-state index contributed by atoms with van der Waals surface area (Å²) in [6, 6.07) is 1.75. The molecule has 2 rings (SSSR count). The summed E-state index contributed by atoms with van der Waals surface area (Å²) >= 11 is 1.33. The zero-order valence-corrected chi connectivity index (χ0v) is 12.7. The second-order valence-electron chi connectivity index (χ2n) is 5.03. The molecule has 5 nitrogen and oxygen atoms in total. The highest BCUT2D eigenvalue weighted by Crippen LogP contribution is 2.18. The minimum absolute atomic E-state index is 0.128. The van der Waals surface area contributed by atoms with Crippen LogP contribution in [0.1, 0.15) is 34.5 Å². The van der Waals surface area contributed by atoms with Crippen molar-refractivity contribution in [3.63, 3.8) is 0 Å². The highest BCUT2D eigenvalue weighted by molar-refractivity contribution is 7.12. The van der Waals surface area contributed by atoms with Gasteiger partial charge in [0.2, 0.25) is 0 Å². The van der Waals surface area contributed by atoms with Gasteiger partial charge in [-0.05, 0) is 62.0 Å². The van der Waals surface area contributed by atoms with Crippen molar-refractivity contribution in [2.45, 2.75) is 19.3 Å². The fourth-order valence-corrected chi connectivity index (χ4v) is 3.19. The molecule has 1 saturated heterocycles. The van der Waals surface area contributed by atoms with Crippen molar-refractivity contribution in [3.8, 4) is 0 Å². The average molecular weight is 308 g/mol. The molecule has 1 aromatic rings. The molecule has 0 radical (unpaired) electrons. The second-order valence-corrected chi connectivity index (χ2v) is 5.95. The summed E-state index contributed by atoms with van der Waals surface area (Å²) in [5.74, 6) is -1.14. The van der Waals surface area contributed by atoms with Gasteiger partial charge in [0.25, 0.3) is 5.91 Å². The van der Waals surface area contributed by atoms with E-state index in [2.05, 4.69) is 10.2 Å². The molecule has 0 spiro atoms. The summed E-state index contributed by atoms with van der Waals surface area (Å²) in [6.45, 7) is 4.01. The van der Waals surface area contributed by atoms with E-state index >= 15 is 0 Å². The molecule has 2 N–H and O–H groups in total. The minimum atomic E-state index is -1.02. The van der Waals surface area contributed by atoms with E-state index in [1.807, 2.05) is 0 Å². The molecule has 6 heteroatoms. The van der Waals surface area contributed by atoms with Gasteiger partial charge in [-0.25, -0.2) is 4.79 Å². The van der Waals surface area contributed by atoms with Gasteiger partial charge in [-0.1, -0.05) is 0 Å². The van der Waals surface area contributed by atoms with Crippen LogP contribution >= 0.6 is 11.3 Å². The monoisotopic (exact) mass is 308 g/mol. The summed E-state index contributed by atoms with van der Waals surface area (Å²) in [6.07, 6.45) is 6.00. The van der Waals surface area contributed by atoms with Crippen LogP contribution in [0.2, 0.25) is 0 Å². The largest absolute Gasteiger partial charge is 0.478 e. The van der Waals surface area contributed by atoms with Gasteiger partial charge in [0.1, 0.15) is 0 Å². The Morgan fingerprint density at radius 1 is 1.38 bits per heavy atom. The molecule has 0 unspecified atom stereocenters. The molecule has 0 bridgehead atoms. The summed E-state index contributed by atoms with van der Waals surface area (Å²) < 4.78 is 0. The highest BCUT2D eigenvalue weighted by atomic mass is 32.1. The van der Waals surface area contributed by atoms with Gasteiger partial charge in [0, 0.05) is 12.6 Å². The van der Waals surface area contributed by atoms with E-state index in [1.54, 1.807) is 11.4 Å². The number of carboxylic acid groups (broad SMARTS) is 1. The number of thiophene rings is 1. The molecule has 1 aliphatic heterocycles. The third-order valence-corrected chi connectivity index (χ3v) is 4.37. The molecule has 0 aliphatic carbocycles. The number of nitrogens with one attached hydrogen (secondary N) is 1. The van der Waals surface area contributed by atoms with E-state index in [-0.39, 0.29) is 5.91 Å². The van der Waals surface area contributed by atoms with Crippen molar-refractivity contribution >= 4 is 29.3 Å². The number of amides is 1. The maximum atomic E-state index is 12.1. The first-order chi connectivity index (χ1) is 10.2. The molecule has 1 aliphatic rings. The van der Waals surface area contributed by atoms with Crippen LogP contribution < -0.4 is 5.32 Å². The highest BCUT2D eigenvalue weighted by Gasteiger charge is 2.13. The molecule has 0 saturated carbocycles. The SMILES string of the molecule is O=C(O)C=Cc1ccsc1C(=O)NCCCN1CCCC1. The first-order valence-electron chi connectivity index (χ1n) is 7.16. The molecule has 2 heterocycles. The number of carbonyl (C=O) groups excluding carboxylic acids is 1.